The van der Waals surface area contributed by atoms with Crippen LogP contribution in [0.4, 0.5) is 0 Å². The first-order valence-electron chi connectivity index (χ1n) is 4.03. The van der Waals surface area contributed by atoms with E-state index in [2.05, 4.69) is 5.32 Å². The number of nitrogens with zero attached hydrogens (tertiary/aromatic N) is 1. The quantitative estimate of drug-likeness (QED) is 0.557. The zero-order valence-corrected chi connectivity index (χ0v) is 8.20. The number of aliphatic hydroxyl groups is 1. The van der Waals surface area contributed by atoms with Crippen LogP contribution in [0.25, 0.3) is 0 Å². The largest absolute Gasteiger partial charge is 0.394 e. The van der Waals surface area contributed by atoms with E-state index in [-0.39, 0.29) is 24.8 Å². The van der Waals surface area contributed by atoms with Crippen LogP contribution in [0, 0.1) is 0 Å². The Hall–Kier alpha value is -0.940. The maximum Gasteiger partial charge on any atom is 0.240 e. The second kappa shape index (κ2) is 5.66. The van der Waals surface area contributed by atoms with Crippen molar-refractivity contribution >= 4 is 11.7 Å². The Balaban J connectivity index is 3.99. The highest BCUT2D eigenvalue weighted by Crippen LogP contribution is 1.91. The lowest BCUT2D eigenvalue weighted by atomic mass is 10.2. The lowest BCUT2D eigenvalue weighted by molar-refractivity contribution is -0.129. The van der Waals surface area contributed by atoms with Crippen molar-refractivity contribution < 1.29 is 14.7 Å². The molecule has 0 spiro atoms. The van der Waals surface area contributed by atoms with Crippen LogP contribution in [0.5, 0.6) is 0 Å². The zero-order chi connectivity index (χ0) is 10.4. The lowest BCUT2D eigenvalue weighted by Gasteiger charge is -2.20. The molecule has 0 aromatic carbocycles. The van der Waals surface area contributed by atoms with Gasteiger partial charge in [0, 0.05) is 0 Å². The molecule has 1 atom stereocenters. The van der Waals surface area contributed by atoms with Crippen LogP contribution in [-0.4, -0.2) is 55.0 Å². The van der Waals surface area contributed by atoms with Crippen LogP contribution in [0.2, 0.25) is 0 Å². The topological polar surface area (TPSA) is 69.6 Å². The molecule has 1 amide bonds. The summed E-state index contributed by atoms with van der Waals surface area (Å²) in [4.78, 5) is 23.4. The third-order valence-corrected chi connectivity index (χ3v) is 1.61. The number of likely N-dealkylation sites (N-methyl/N-ethyl adjacent to an activating group) is 1. The van der Waals surface area contributed by atoms with E-state index in [0.717, 1.165) is 0 Å². The SMILES string of the molecule is CC(=O)CNC(=O)C(CO)N(C)C. The predicted molar refractivity (Wildman–Crippen MR) is 48.3 cm³/mol. The molecule has 76 valence electrons. The standard InChI is InChI=1S/C8H16N2O3/c1-6(12)4-9-8(13)7(5-11)10(2)3/h7,11H,4-5H2,1-3H3,(H,9,13). The summed E-state index contributed by atoms with van der Waals surface area (Å²) in [5.74, 6) is -0.438. The van der Waals surface area contributed by atoms with E-state index in [1.165, 1.54) is 6.92 Å². The van der Waals surface area contributed by atoms with Gasteiger partial charge >= 0.3 is 0 Å². The van der Waals surface area contributed by atoms with E-state index in [1.807, 2.05) is 0 Å². The summed E-state index contributed by atoms with van der Waals surface area (Å²) in [6.45, 7) is 1.16. The van der Waals surface area contributed by atoms with Crippen molar-refractivity contribution in [1.82, 2.24) is 10.2 Å². The minimum atomic E-state index is -0.584. The molecule has 0 bridgehead atoms. The fourth-order valence-electron chi connectivity index (χ4n) is 0.810. The van der Waals surface area contributed by atoms with E-state index < -0.39 is 6.04 Å². The van der Waals surface area contributed by atoms with Crippen LogP contribution in [0.3, 0.4) is 0 Å². The molecule has 5 nitrogen and oxygen atoms in total. The highest BCUT2D eigenvalue weighted by atomic mass is 16.3. The summed E-state index contributed by atoms with van der Waals surface area (Å²) < 4.78 is 0. The minimum absolute atomic E-state index is 0.0170. The van der Waals surface area contributed by atoms with Crippen molar-refractivity contribution in [3.05, 3.63) is 0 Å². The molecule has 0 radical (unpaired) electrons. The average molecular weight is 188 g/mol. The second-order valence-electron chi connectivity index (χ2n) is 3.08. The van der Waals surface area contributed by atoms with Gasteiger partial charge in [0.25, 0.3) is 0 Å². The van der Waals surface area contributed by atoms with Crippen molar-refractivity contribution in [2.75, 3.05) is 27.2 Å². The lowest BCUT2D eigenvalue weighted by Crippen LogP contribution is -2.46. The monoisotopic (exact) mass is 188 g/mol. The highest BCUT2D eigenvalue weighted by Gasteiger charge is 2.19. The van der Waals surface area contributed by atoms with Gasteiger partial charge in [0.15, 0.2) is 0 Å². The number of aliphatic hydroxyl groups excluding tert-OH is 1. The highest BCUT2D eigenvalue weighted by molar-refractivity contribution is 5.87. The second-order valence-corrected chi connectivity index (χ2v) is 3.08. The van der Waals surface area contributed by atoms with Crippen LogP contribution in [0.1, 0.15) is 6.92 Å². The van der Waals surface area contributed by atoms with E-state index in [1.54, 1.807) is 19.0 Å². The fourth-order valence-corrected chi connectivity index (χ4v) is 0.810. The van der Waals surface area contributed by atoms with Gasteiger partial charge in [0.2, 0.25) is 5.91 Å². The Bertz CT molecular complexity index is 192. The molecule has 2 N–H and O–H groups in total. The smallest absolute Gasteiger partial charge is 0.240 e. The Morgan fingerprint density at radius 1 is 1.46 bits per heavy atom. The molecule has 1 unspecified atom stereocenters. The molecule has 0 rings (SSSR count). The Kier molecular flexibility index (Phi) is 5.25. The van der Waals surface area contributed by atoms with E-state index in [4.69, 9.17) is 5.11 Å². The van der Waals surface area contributed by atoms with Gasteiger partial charge in [0.1, 0.15) is 11.8 Å². The normalized spacial score (nSPS) is 12.7. The molecule has 0 aliphatic rings. The first-order valence-corrected chi connectivity index (χ1v) is 4.03. The minimum Gasteiger partial charge on any atom is -0.394 e. The molecule has 0 heterocycles. The predicted octanol–water partition coefficient (Wildman–Crippen LogP) is -1.39. The molecule has 0 fully saturated rings. The first kappa shape index (κ1) is 12.1. The van der Waals surface area contributed by atoms with Gasteiger partial charge in [-0.3, -0.25) is 14.5 Å². The van der Waals surface area contributed by atoms with Gasteiger partial charge in [-0.1, -0.05) is 0 Å². The Labute approximate surface area is 77.7 Å². The van der Waals surface area contributed by atoms with Gasteiger partial charge in [-0.2, -0.15) is 0 Å². The summed E-state index contributed by atoms with van der Waals surface area (Å²) in [5.41, 5.74) is 0. The van der Waals surface area contributed by atoms with Crippen LogP contribution >= 0.6 is 0 Å². The van der Waals surface area contributed by atoms with Gasteiger partial charge in [-0.25, -0.2) is 0 Å². The van der Waals surface area contributed by atoms with Crippen LogP contribution < -0.4 is 5.32 Å². The van der Waals surface area contributed by atoms with Gasteiger partial charge in [-0.15, -0.1) is 0 Å². The Morgan fingerprint density at radius 2 is 2.00 bits per heavy atom. The summed E-state index contributed by atoms with van der Waals surface area (Å²) in [6.07, 6.45) is 0. The Morgan fingerprint density at radius 3 is 2.31 bits per heavy atom. The van der Waals surface area contributed by atoms with E-state index in [9.17, 15) is 9.59 Å². The number of nitrogens with one attached hydrogen (secondary N) is 1. The van der Waals surface area contributed by atoms with E-state index >= 15 is 0 Å². The number of Topliss-reactive ketones (excluding diaryl/α,β-unsaturated/α-hetero) is 1. The summed E-state index contributed by atoms with van der Waals surface area (Å²) in [6, 6.07) is -0.584. The van der Waals surface area contributed by atoms with Gasteiger partial charge < -0.3 is 10.4 Å². The van der Waals surface area contributed by atoms with Crippen molar-refractivity contribution in [3.63, 3.8) is 0 Å². The van der Waals surface area contributed by atoms with E-state index in [0.29, 0.717) is 0 Å². The molecule has 0 aliphatic carbocycles. The van der Waals surface area contributed by atoms with Crippen molar-refractivity contribution in [2.24, 2.45) is 0 Å². The first-order chi connectivity index (χ1) is 5.99. The number of hydrogen-bond acceptors (Lipinski definition) is 4. The number of amides is 1. The summed E-state index contributed by atoms with van der Waals surface area (Å²) in [7, 11) is 3.38. The summed E-state index contributed by atoms with van der Waals surface area (Å²) >= 11 is 0. The van der Waals surface area contributed by atoms with Crippen LogP contribution in [0.15, 0.2) is 0 Å². The molecule has 13 heavy (non-hydrogen) atoms. The van der Waals surface area contributed by atoms with Gasteiger partial charge in [-0.05, 0) is 21.0 Å². The van der Waals surface area contributed by atoms with Crippen LogP contribution in [-0.2, 0) is 9.59 Å². The third kappa shape index (κ3) is 4.59. The summed E-state index contributed by atoms with van der Waals surface area (Å²) in [5, 5.41) is 11.3. The number of rotatable bonds is 5. The van der Waals surface area contributed by atoms with Crippen molar-refractivity contribution in [1.29, 1.82) is 0 Å². The van der Waals surface area contributed by atoms with Gasteiger partial charge in [0.05, 0.1) is 13.2 Å². The van der Waals surface area contributed by atoms with Crippen molar-refractivity contribution in [2.45, 2.75) is 13.0 Å². The average Bonchev–Trinajstić information content (AvgIpc) is 2.01. The number of carbonyl (C=O) groups excluding carboxylic acids is 2. The molecule has 0 saturated heterocycles. The number of ketones is 1. The molecule has 0 aromatic heterocycles. The molecular weight excluding hydrogens is 172 g/mol. The molecule has 5 heteroatoms. The zero-order valence-electron chi connectivity index (χ0n) is 8.20. The number of hydrogen-bond donors (Lipinski definition) is 2. The number of carbonyl (C=O) groups is 2. The maximum atomic E-state index is 11.3. The molecular formula is C8H16N2O3. The maximum absolute atomic E-state index is 11.3. The third-order valence-electron chi connectivity index (χ3n) is 1.61. The fraction of sp³-hybridized carbons (Fsp3) is 0.750. The van der Waals surface area contributed by atoms with Crippen molar-refractivity contribution in [3.8, 4) is 0 Å². The molecule has 0 saturated carbocycles. The molecule has 0 aromatic rings. The molecule has 0 aliphatic heterocycles.